The first-order valence-corrected chi connectivity index (χ1v) is 5.89. The van der Waals surface area contributed by atoms with E-state index < -0.39 is 0 Å². The van der Waals surface area contributed by atoms with E-state index in [4.69, 9.17) is 5.73 Å². The quantitative estimate of drug-likeness (QED) is 0.791. The van der Waals surface area contributed by atoms with Crippen LogP contribution >= 0.6 is 11.3 Å². The molecule has 0 aromatic carbocycles. The molecule has 0 fully saturated rings. The van der Waals surface area contributed by atoms with Gasteiger partial charge in [-0.3, -0.25) is 4.79 Å². The van der Waals surface area contributed by atoms with Crippen LogP contribution < -0.4 is 11.1 Å². The molecule has 1 aromatic heterocycles. The smallest absolute Gasteiger partial charge is 0.221 e. The monoisotopic (exact) mass is 227 g/mol. The molecular formula is C10H17N3OS. The van der Waals surface area contributed by atoms with E-state index in [1.54, 1.807) is 17.5 Å². The number of hydrogen-bond acceptors (Lipinski definition) is 4. The van der Waals surface area contributed by atoms with Crippen molar-refractivity contribution in [3.63, 3.8) is 0 Å². The van der Waals surface area contributed by atoms with Crippen LogP contribution in [0, 0.1) is 0 Å². The van der Waals surface area contributed by atoms with Crippen molar-refractivity contribution in [3.8, 4) is 0 Å². The molecule has 1 rings (SSSR count). The largest absolute Gasteiger partial charge is 0.355 e. The molecule has 0 spiro atoms. The van der Waals surface area contributed by atoms with E-state index in [0.717, 1.165) is 5.01 Å². The molecule has 0 aliphatic carbocycles. The van der Waals surface area contributed by atoms with E-state index in [0.29, 0.717) is 13.0 Å². The molecule has 15 heavy (non-hydrogen) atoms. The Bertz CT molecular complexity index is 298. The highest BCUT2D eigenvalue weighted by atomic mass is 32.1. The fourth-order valence-electron chi connectivity index (χ4n) is 1.20. The number of aromatic nitrogens is 1. The van der Waals surface area contributed by atoms with Crippen LogP contribution in [0.1, 0.15) is 31.2 Å². The summed E-state index contributed by atoms with van der Waals surface area (Å²) >= 11 is 1.61. The Morgan fingerprint density at radius 1 is 1.67 bits per heavy atom. The summed E-state index contributed by atoms with van der Waals surface area (Å²) in [6, 6.07) is -0.0832. The Kier molecular flexibility index (Phi) is 4.71. The lowest BCUT2D eigenvalue weighted by molar-refractivity contribution is -0.121. The standard InChI is InChI=1S/C10H17N3OS/c1-7(10-12-3-4-15-10)6-13-9(14)5-8(2)11/h3-4,7-8H,5-6,11H2,1-2H3,(H,13,14). The summed E-state index contributed by atoms with van der Waals surface area (Å²) in [7, 11) is 0. The number of nitrogens with one attached hydrogen (secondary N) is 1. The fraction of sp³-hybridized carbons (Fsp3) is 0.600. The second-order valence-corrected chi connectivity index (χ2v) is 4.68. The van der Waals surface area contributed by atoms with Crippen LogP contribution in [0.5, 0.6) is 0 Å². The van der Waals surface area contributed by atoms with Crippen molar-refractivity contribution in [2.24, 2.45) is 5.73 Å². The first kappa shape index (κ1) is 12.1. The maximum atomic E-state index is 11.3. The number of carbonyl (C=O) groups is 1. The SMILES string of the molecule is CC(N)CC(=O)NCC(C)c1nccs1. The molecule has 2 unspecified atom stereocenters. The topological polar surface area (TPSA) is 68.0 Å². The molecule has 1 heterocycles. The maximum Gasteiger partial charge on any atom is 0.221 e. The Labute approximate surface area is 93.9 Å². The summed E-state index contributed by atoms with van der Waals surface area (Å²) in [5, 5.41) is 5.84. The van der Waals surface area contributed by atoms with Gasteiger partial charge in [0.1, 0.15) is 0 Å². The molecule has 2 atom stereocenters. The first-order valence-electron chi connectivity index (χ1n) is 5.01. The number of carbonyl (C=O) groups excluding carboxylic acids is 1. The van der Waals surface area contributed by atoms with Gasteiger partial charge in [0.2, 0.25) is 5.91 Å². The van der Waals surface area contributed by atoms with E-state index >= 15 is 0 Å². The molecule has 1 aromatic rings. The summed E-state index contributed by atoms with van der Waals surface area (Å²) < 4.78 is 0. The average Bonchev–Trinajstić information content (AvgIpc) is 2.65. The van der Waals surface area contributed by atoms with Gasteiger partial charge < -0.3 is 11.1 Å². The van der Waals surface area contributed by atoms with Crippen molar-refractivity contribution in [3.05, 3.63) is 16.6 Å². The van der Waals surface area contributed by atoms with Gasteiger partial charge in [-0.1, -0.05) is 6.92 Å². The van der Waals surface area contributed by atoms with E-state index in [1.807, 2.05) is 19.2 Å². The number of nitrogens with zero attached hydrogens (tertiary/aromatic N) is 1. The second-order valence-electron chi connectivity index (χ2n) is 3.76. The summed E-state index contributed by atoms with van der Waals surface area (Å²) in [6.45, 7) is 4.49. The van der Waals surface area contributed by atoms with Crippen LogP contribution in [0.4, 0.5) is 0 Å². The van der Waals surface area contributed by atoms with Gasteiger partial charge in [-0.2, -0.15) is 0 Å². The van der Waals surface area contributed by atoms with E-state index in [-0.39, 0.29) is 17.9 Å². The highest BCUT2D eigenvalue weighted by molar-refractivity contribution is 7.09. The van der Waals surface area contributed by atoms with Gasteiger partial charge in [-0.15, -0.1) is 11.3 Å². The van der Waals surface area contributed by atoms with Gasteiger partial charge >= 0.3 is 0 Å². The molecule has 0 aliphatic heterocycles. The van der Waals surface area contributed by atoms with Crippen LogP contribution in [0.3, 0.4) is 0 Å². The molecule has 0 saturated carbocycles. The molecule has 5 heteroatoms. The Hall–Kier alpha value is -0.940. The van der Waals surface area contributed by atoms with Crippen LogP contribution in [-0.2, 0) is 4.79 Å². The summed E-state index contributed by atoms with van der Waals surface area (Å²) in [5.41, 5.74) is 5.52. The van der Waals surface area contributed by atoms with Crippen molar-refractivity contribution in [2.75, 3.05) is 6.54 Å². The summed E-state index contributed by atoms with van der Waals surface area (Å²) in [5.74, 6) is 0.274. The van der Waals surface area contributed by atoms with Gasteiger partial charge in [-0.05, 0) is 6.92 Å². The third kappa shape index (κ3) is 4.40. The first-order chi connectivity index (χ1) is 7.09. The minimum absolute atomic E-state index is 0.00778. The van der Waals surface area contributed by atoms with E-state index in [9.17, 15) is 4.79 Å². The zero-order valence-electron chi connectivity index (χ0n) is 9.06. The van der Waals surface area contributed by atoms with Gasteiger partial charge in [0.15, 0.2) is 0 Å². The fourth-order valence-corrected chi connectivity index (χ4v) is 1.90. The van der Waals surface area contributed by atoms with Crippen LogP contribution in [0.2, 0.25) is 0 Å². The van der Waals surface area contributed by atoms with Crippen molar-refractivity contribution in [2.45, 2.75) is 32.2 Å². The average molecular weight is 227 g/mol. The predicted molar refractivity (Wildman–Crippen MR) is 61.8 cm³/mol. The molecule has 4 nitrogen and oxygen atoms in total. The third-order valence-electron chi connectivity index (χ3n) is 1.99. The van der Waals surface area contributed by atoms with Crippen LogP contribution in [0.15, 0.2) is 11.6 Å². The second kappa shape index (κ2) is 5.82. The maximum absolute atomic E-state index is 11.3. The lowest BCUT2D eigenvalue weighted by Crippen LogP contribution is -2.32. The van der Waals surface area contributed by atoms with E-state index in [2.05, 4.69) is 10.3 Å². The van der Waals surface area contributed by atoms with Crippen LogP contribution in [-0.4, -0.2) is 23.5 Å². The Morgan fingerprint density at radius 3 is 2.93 bits per heavy atom. The predicted octanol–water partition coefficient (Wildman–Crippen LogP) is 1.10. The lowest BCUT2D eigenvalue weighted by atomic mass is 10.2. The molecule has 0 saturated heterocycles. The van der Waals surface area contributed by atoms with Gasteiger partial charge in [0.05, 0.1) is 5.01 Å². The van der Waals surface area contributed by atoms with E-state index in [1.165, 1.54) is 0 Å². The van der Waals surface area contributed by atoms with Crippen molar-refractivity contribution in [1.82, 2.24) is 10.3 Å². The number of thiazole rings is 1. The summed E-state index contributed by atoms with van der Waals surface area (Å²) in [4.78, 5) is 15.5. The van der Waals surface area contributed by atoms with Gasteiger partial charge in [0, 0.05) is 36.5 Å². The van der Waals surface area contributed by atoms with Crippen LogP contribution in [0.25, 0.3) is 0 Å². The van der Waals surface area contributed by atoms with Gasteiger partial charge in [-0.25, -0.2) is 4.98 Å². The van der Waals surface area contributed by atoms with Crippen molar-refractivity contribution in [1.29, 1.82) is 0 Å². The zero-order chi connectivity index (χ0) is 11.3. The minimum atomic E-state index is -0.0832. The minimum Gasteiger partial charge on any atom is -0.355 e. The lowest BCUT2D eigenvalue weighted by Gasteiger charge is -2.11. The Balaban J connectivity index is 2.28. The van der Waals surface area contributed by atoms with Crippen molar-refractivity contribution >= 4 is 17.2 Å². The molecule has 1 amide bonds. The number of amides is 1. The summed E-state index contributed by atoms with van der Waals surface area (Å²) in [6.07, 6.45) is 2.16. The van der Waals surface area contributed by atoms with Gasteiger partial charge in [0.25, 0.3) is 0 Å². The highest BCUT2D eigenvalue weighted by Gasteiger charge is 2.10. The molecule has 3 N–H and O–H groups in total. The number of rotatable bonds is 5. The normalized spacial score (nSPS) is 14.6. The van der Waals surface area contributed by atoms with Crippen molar-refractivity contribution < 1.29 is 4.79 Å². The zero-order valence-corrected chi connectivity index (χ0v) is 9.88. The molecular weight excluding hydrogens is 210 g/mol. The third-order valence-corrected chi connectivity index (χ3v) is 2.99. The number of hydrogen-bond donors (Lipinski definition) is 2. The number of nitrogens with two attached hydrogens (primary N) is 1. The molecule has 84 valence electrons. The molecule has 0 radical (unpaired) electrons. The molecule has 0 aliphatic rings. The molecule has 0 bridgehead atoms. The highest BCUT2D eigenvalue weighted by Crippen LogP contribution is 2.16. The Morgan fingerprint density at radius 2 is 2.40 bits per heavy atom.